The normalized spacial score (nSPS) is 16.4. The lowest BCUT2D eigenvalue weighted by Gasteiger charge is -2.16. The Kier molecular flexibility index (Phi) is 1.95. The van der Waals surface area contributed by atoms with Crippen LogP contribution >= 0.6 is 0 Å². The van der Waals surface area contributed by atoms with E-state index in [1.807, 2.05) is 13.8 Å². The van der Waals surface area contributed by atoms with Gasteiger partial charge in [0.25, 0.3) is 0 Å². The summed E-state index contributed by atoms with van der Waals surface area (Å²) in [6, 6.07) is 0. The Morgan fingerprint density at radius 2 is 2.27 bits per heavy atom. The van der Waals surface area contributed by atoms with E-state index < -0.39 is 5.54 Å². The Morgan fingerprint density at radius 1 is 1.64 bits per heavy atom. The van der Waals surface area contributed by atoms with Gasteiger partial charge in [-0.15, -0.1) is 0 Å². The summed E-state index contributed by atoms with van der Waals surface area (Å²) in [6.45, 7) is 5.63. The van der Waals surface area contributed by atoms with Gasteiger partial charge in [-0.2, -0.15) is 4.98 Å². The molecule has 1 atom stereocenters. The van der Waals surface area contributed by atoms with Crippen molar-refractivity contribution in [3.63, 3.8) is 0 Å². The topological polar surface area (TPSA) is 64.9 Å². The number of aryl methyl sites for hydroxylation is 1. The number of hydrogen-bond acceptors (Lipinski definition) is 4. The summed E-state index contributed by atoms with van der Waals surface area (Å²) in [5.41, 5.74) is 5.41. The van der Waals surface area contributed by atoms with Crippen LogP contribution in [0.2, 0.25) is 0 Å². The van der Waals surface area contributed by atoms with Gasteiger partial charge in [0.05, 0.1) is 5.54 Å². The van der Waals surface area contributed by atoms with Crippen LogP contribution in [-0.4, -0.2) is 10.1 Å². The van der Waals surface area contributed by atoms with Gasteiger partial charge < -0.3 is 10.3 Å². The van der Waals surface area contributed by atoms with Crippen LogP contribution < -0.4 is 5.73 Å². The molecule has 0 aromatic carbocycles. The molecule has 4 nitrogen and oxygen atoms in total. The van der Waals surface area contributed by atoms with E-state index in [9.17, 15) is 0 Å². The summed E-state index contributed by atoms with van der Waals surface area (Å²) < 4.78 is 4.81. The molecular weight excluding hydrogens is 142 g/mol. The van der Waals surface area contributed by atoms with E-state index in [-0.39, 0.29) is 0 Å². The van der Waals surface area contributed by atoms with Gasteiger partial charge in [0, 0.05) is 6.92 Å². The molecule has 11 heavy (non-hydrogen) atoms. The van der Waals surface area contributed by atoms with Crippen LogP contribution in [0.15, 0.2) is 4.52 Å². The van der Waals surface area contributed by atoms with Crippen molar-refractivity contribution < 1.29 is 4.52 Å². The van der Waals surface area contributed by atoms with Gasteiger partial charge in [0.15, 0.2) is 5.82 Å². The molecule has 0 radical (unpaired) electrons. The highest BCUT2D eigenvalue weighted by atomic mass is 16.5. The van der Waals surface area contributed by atoms with E-state index in [4.69, 9.17) is 10.3 Å². The molecule has 1 aromatic rings. The Bertz CT molecular complexity index is 242. The highest BCUT2D eigenvalue weighted by Gasteiger charge is 2.24. The first kappa shape index (κ1) is 8.20. The number of nitrogens with two attached hydrogens (primary N) is 1. The van der Waals surface area contributed by atoms with Gasteiger partial charge >= 0.3 is 0 Å². The zero-order valence-corrected chi connectivity index (χ0v) is 7.09. The van der Waals surface area contributed by atoms with Crippen molar-refractivity contribution in [2.24, 2.45) is 5.73 Å². The molecule has 1 heterocycles. The van der Waals surface area contributed by atoms with Gasteiger partial charge in [0.1, 0.15) is 0 Å². The Morgan fingerprint density at radius 3 is 2.64 bits per heavy atom. The SMILES string of the molecule is CCC(C)(N)c1noc(C)n1. The molecule has 0 spiro atoms. The third kappa shape index (κ3) is 1.57. The smallest absolute Gasteiger partial charge is 0.223 e. The molecule has 1 unspecified atom stereocenters. The van der Waals surface area contributed by atoms with Crippen molar-refractivity contribution >= 4 is 0 Å². The summed E-state index contributed by atoms with van der Waals surface area (Å²) in [5.74, 6) is 1.14. The Balaban J connectivity index is 2.92. The molecule has 4 heteroatoms. The summed E-state index contributed by atoms with van der Waals surface area (Å²) in [4.78, 5) is 4.05. The maximum absolute atomic E-state index is 5.87. The molecule has 62 valence electrons. The van der Waals surface area contributed by atoms with Crippen molar-refractivity contribution in [3.8, 4) is 0 Å². The first-order chi connectivity index (χ1) is 5.06. The van der Waals surface area contributed by atoms with Gasteiger partial charge in [-0.3, -0.25) is 0 Å². The minimum Gasteiger partial charge on any atom is -0.340 e. The molecule has 0 aliphatic rings. The molecule has 0 bridgehead atoms. The molecular formula is C7H13N3O. The lowest BCUT2D eigenvalue weighted by molar-refractivity contribution is 0.360. The van der Waals surface area contributed by atoms with E-state index >= 15 is 0 Å². The molecule has 1 aromatic heterocycles. The summed E-state index contributed by atoms with van der Waals surface area (Å²) in [5, 5.41) is 3.75. The minimum atomic E-state index is -0.461. The van der Waals surface area contributed by atoms with E-state index in [1.54, 1.807) is 6.92 Å². The molecule has 0 saturated carbocycles. The molecule has 0 saturated heterocycles. The highest BCUT2D eigenvalue weighted by molar-refractivity contribution is 4.99. The molecule has 2 N–H and O–H groups in total. The Labute approximate surface area is 65.8 Å². The lowest BCUT2D eigenvalue weighted by Crippen LogP contribution is -2.33. The summed E-state index contributed by atoms with van der Waals surface area (Å²) in [7, 11) is 0. The van der Waals surface area contributed by atoms with Crippen LogP contribution in [-0.2, 0) is 5.54 Å². The second-order valence-electron chi connectivity index (χ2n) is 2.91. The third-order valence-corrected chi connectivity index (χ3v) is 1.77. The van der Waals surface area contributed by atoms with Crippen LogP contribution in [0.5, 0.6) is 0 Å². The van der Waals surface area contributed by atoms with E-state index in [2.05, 4.69) is 10.1 Å². The maximum Gasteiger partial charge on any atom is 0.223 e. The highest BCUT2D eigenvalue weighted by Crippen LogP contribution is 2.17. The summed E-state index contributed by atoms with van der Waals surface area (Å²) in [6.07, 6.45) is 0.798. The number of hydrogen-bond donors (Lipinski definition) is 1. The van der Waals surface area contributed by atoms with Crippen molar-refractivity contribution in [1.82, 2.24) is 10.1 Å². The van der Waals surface area contributed by atoms with Crippen LogP contribution in [0.4, 0.5) is 0 Å². The first-order valence-corrected chi connectivity index (χ1v) is 3.66. The zero-order valence-electron chi connectivity index (χ0n) is 7.09. The van der Waals surface area contributed by atoms with Crippen molar-refractivity contribution in [3.05, 3.63) is 11.7 Å². The monoisotopic (exact) mass is 155 g/mol. The van der Waals surface area contributed by atoms with Crippen LogP contribution in [0, 0.1) is 6.92 Å². The molecule has 0 fully saturated rings. The number of nitrogens with zero attached hydrogens (tertiary/aromatic N) is 2. The molecule has 1 rings (SSSR count). The molecule has 0 aliphatic carbocycles. The average Bonchev–Trinajstić information content (AvgIpc) is 2.36. The van der Waals surface area contributed by atoms with Gasteiger partial charge in [-0.25, -0.2) is 0 Å². The fourth-order valence-electron chi connectivity index (χ4n) is 0.689. The number of rotatable bonds is 2. The van der Waals surface area contributed by atoms with Gasteiger partial charge in [0.2, 0.25) is 5.89 Å². The van der Waals surface area contributed by atoms with Crippen LogP contribution in [0.1, 0.15) is 32.0 Å². The lowest BCUT2D eigenvalue weighted by atomic mass is 10.0. The van der Waals surface area contributed by atoms with E-state index in [0.29, 0.717) is 11.7 Å². The third-order valence-electron chi connectivity index (χ3n) is 1.77. The van der Waals surface area contributed by atoms with Gasteiger partial charge in [-0.05, 0) is 13.3 Å². The van der Waals surface area contributed by atoms with E-state index in [1.165, 1.54) is 0 Å². The fraction of sp³-hybridized carbons (Fsp3) is 0.714. The number of aromatic nitrogens is 2. The maximum atomic E-state index is 5.87. The Hall–Kier alpha value is -0.900. The zero-order chi connectivity index (χ0) is 8.48. The summed E-state index contributed by atoms with van der Waals surface area (Å²) >= 11 is 0. The van der Waals surface area contributed by atoms with Crippen molar-refractivity contribution in [2.45, 2.75) is 32.7 Å². The minimum absolute atomic E-state index is 0.461. The average molecular weight is 155 g/mol. The predicted molar refractivity (Wildman–Crippen MR) is 40.9 cm³/mol. The second kappa shape index (κ2) is 2.62. The predicted octanol–water partition coefficient (Wildman–Crippen LogP) is 0.962. The molecule has 0 amide bonds. The van der Waals surface area contributed by atoms with E-state index in [0.717, 1.165) is 6.42 Å². The van der Waals surface area contributed by atoms with Crippen LogP contribution in [0.3, 0.4) is 0 Å². The van der Waals surface area contributed by atoms with Crippen LogP contribution in [0.25, 0.3) is 0 Å². The first-order valence-electron chi connectivity index (χ1n) is 3.66. The van der Waals surface area contributed by atoms with Crippen molar-refractivity contribution in [2.75, 3.05) is 0 Å². The largest absolute Gasteiger partial charge is 0.340 e. The fourth-order valence-corrected chi connectivity index (χ4v) is 0.689. The standard InChI is InChI=1S/C7H13N3O/c1-4-7(3,8)6-9-5(2)11-10-6/h4,8H2,1-3H3. The van der Waals surface area contributed by atoms with Crippen molar-refractivity contribution in [1.29, 1.82) is 0 Å². The molecule has 0 aliphatic heterocycles. The second-order valence-corrected chi connectivity index (χ2v) is 2.91. The quantitative estimate of drug-likeness (QED) is 0.690. The van der Waals surface area contributed by atoms with Gasteiger partial charge in [-0.1, -0.05) is 12.1 Å².